The molecule has 0 spiro atoms. The number of nitrogens with zero attached hydrogens (tertiary/aromatic N) is 1. The predicted octanol–water partition coefficient (Wildman–Crippen LogP) is 1.75. The van der Waals surface area contributed by atoms with Gasteiger partial charge in [-0.25, -0.2) is 0 Å². The van der Waals surface area contributed by atoms with Crippen LogP contribution >= 0.6 is 0 Å². The van der Waals surface area contributed by atoms with E-state index in [1.165, 1.54) is 20.0 Å². The standard InChI is InChI=1S/C12H21NO3/c1-11(14)13(2)12(15)9-7-5-4-6-8-10-16-3/h7,9H,4-6,8,10H2,1-3H3/b9-7-. The smallest absolute Gasteiger partial charge is 0.252 e. The third kappa shape index (κ3) is 7.17. The van der Waals surface area contributed by atoms with E-state index >= 15 is 0 Å². The molecule has 16 heavy (non-hydrogen) atoms. The minimum atomic E-state index is -0.260. The molecule has 4 nitrogen and oxygen atoms in total. The van der Waals surface area contributed by atoms with Gasteiger partial charge in [0, 0.05) is 27.7 Å². The minimum absolute atomic E-state index is 0.241. The zero-order valence-electron chi connectivity index (χ0n) is 10.4. The topological polar surface area (TPSA) is 46.6 Å². The Hall–Kier alpha value is -1.16. The summed E-state index contributed by atoms with van der Waals surface area (Å²) in [5.41, 5.74) is 0. The van der Waals surface area contributed by atoms with Gasteiger partial charge in [0.1, 0.15) is 0 Å². The summed E-state index contributed by atoms with van der Waals surface area (Å²) in [7, 11) is 3.17. The van der Waals surface area contributed by atoms with Crippen molar-refractivity contribution >= 4 is 11.8 Å². The van der Waals surface area contributed by atoms with Gasteiger partial charge < -0.3 is 4.74 Å². The van der Waals surface area contributed by atoms with Gasteiger partial charge in [-0.3, -0.25) is 14.5 Å². The molecule has 0 heterocycles. The first-order chi connectivity index (χ1) is 7.59. The fourth-order valence-corrected chi connectivity index (χ4v) is 1.14. The number of imide groups is 1. The van der Waals surface area contributed by atoms with Crippen molar-refractivity contribution in [3.8, 4) is 0 Å². The zero-order chi connectivity index (χ0) is 12.4. The average molecular weight is 227 g/mol. The Kier molecular flexibility index (Phi) is 8.43. The molecule has 0 aromatic rings. The summed E-state index contributed by atoms with van der Waals surface area (Å²) in [6.07, 6.45) is 7.31. The lowest BCUT2D eigenvalue weighted by Crippen LogP contribution is -2.29. The number of hydrogen-bond acceptors (Lipinski definition) is 3. The van der Waals surface area contributed by atoms with Gasteiger partial charge in [0.05, 0.1) is 0 Å². The van der Waals surface area contributed by atoms with Gasteiger partial charge in [-0.1, -0.05) is 12.5 Å². The third-order valence-corrected chi connectivity index (χ3v) is 2.28. The Balaban J connectivity index is 3.60. The van der Waals surface area contributed by atoms with Gasteiger partial charge in [0.2, 0.25) is 5.91 Å². The highest BCUT2D eigenvalue weighted by atomic mass is 16.5. The van der Waals surface area contributed by atoms with Crippen LogP contribution in [0.1, 0.15) is 32.6 Å². The average Bonchev–Trinajstić information content (AvgIpc) is 2.26. The van der Waals surface area contributed by atoms with Crippen LogP contribution in [0.5, 0.6) is 0 Å². The fraction of sp³-hybridized carbons (Fsp3) is 0.667. The fourth-order valence-electron chi connectivity index (χ4n) is 1.14. The molecule has 0 saturated carbocycles. The maximum atomic E-state index is 11.3. The number of amides is 2. The monoisotopic (exact) mass is 227 g/mol. The first kappa shape index (κ1) is 14.8. The quantitative estimate of drug-likeness (QED) is 0.492. The molecular formula is C12H21NO3. The molecule has 0 unspecified atom stereocenters. The predicted molar refractivity (Wildman–Crippen MR) is 62.9 cm³/mol. The molecule has 0 aliphatic heterocycles. The highest BCUT2D eigenvalue weighted by molar-refractivity contribution is 5.99. The molecule has 2 amide bonds. The Morgan fingerprint density at radius 3 is 2.50 bits per heavy atom. The van der Waals surface area contributed by atoms with Crippen molar-refractivity contribution in [3.05, 3.63) is 12.2 Å². The van der Waals surface area contributed by atoms with Crippen LogP contribution < -0.4 is 0 Å². The van der Waals surface area contributed by atoms with Crippen molar-refractivity contribution < 1.29 is 14.3 Å². The molecule has 0 N–H and O–H groups in total. The molecule has 0 aliphatic carbocycles. The molecule has 0 bridgehead atoms. The normalized spacial score (nSPS) is 10.7. The first-order valence-corrected chi connectivity index (χ1v) is 5.53. The van der Waals surface area contributed by atoms with E-state index in [4.69, 9.17) is 4.74 Å². The van der Waals surface area contributed by atoms with Gasteiger partial charge in [0.25, 0.3) is 5.91 Å². The molecule has 92 valence electrons. The summed E-state index contributed by atoms with van der Waals surface area (Å²) in [6, 6.07) is 0. The number of unbranched alkanes of at least 4 members (excludes halogenated alkanes) is 3. The van der Waals surface area contributed by atoms with Crippen molar-refractivity contribution in [2.24, 2.45) is 0 Å². The van der Waals surface area contributed by atoms with E-state index in [1.54, 1.807) is 7.11 Å². The number of methoxy groups -OCH3 is 1. The molecule has 4 heteroatoms. The van der Waals surface area contributed by atoms with Crippen LogP contribution in [0.25, 0.3) is 0 Å². The van der Waals surface area contributed by atoms with E-state index in [-0.39, 0.29) is 11.8 Å². The van der Waals surface area contributed by atoms with E-state index in [0.29, 0.717) is 0 Å². The highest BCUT2D eigenvalue weighted by Gasteiger charge is 2.07. The number of ether oxygens (including phenoxy) is 1. The van der Waals surface area contributed by atoms with Crippen LogP contribution in [0.15, 0.2) is 12.2 Å². The number of likely N-dealkylation sites (N-methyl/N-ethyl adjacent to an activating group) is 1. The summed E-state index contributed by atoms with van der Waals surface area (Å²) in [5, 5.41) is 0. The van der Waals surface area contributed by atoms with E-state index < -0.39 is 0 Å². The number of hydrogen-bond donors (Lipinski definition) is 0. The van der Waals surface area contributed by atoms with Crippen molar-refractivity contribution in [2.75, 3.05) is 20.8 Å². The zero-order valence-corrected chi connectivity index (χ0v) is 10.4. The molecule has 0 radical (unpaired) electrons. The Labute approximate surface area is 97.3 Å². The Bertz CT molecular complexity index is 249. The van der Waals surface area contributed by atoms with Gasteiger partial charge >= 0.3 is 0 Å². The van der Waals surface area contributed by atoms with Crippen LogP contribution in [-0.2, 0) is 14.3 Å². The van der Waals surface area contributed by atoms with Crippen molar-refractivity contribution in [1.29, 1.82) is 0 Å². The molecule has 0 rings (SSSR count). The second kappa shape index (κ2) is 9.09. The maximum absolute atomic E-state index is 11.3. The van der Waals surface area contributed by atoms with Crippen molar-refractivity contribution in [1.82, 2.24) is 4.90 Å². The van der Waals surface area contributed by atoms with E-state index in [0.717, 1.165) is 37.2 Å². The van der Waals surface area contributed by atoms with Gasteiger partial charge in [0.15, 0.2) is 0 Å². The van der Waals surface area contributed by atoms with Gasteiger partial charge in [-0.05, 0) is 25.3 Å². The maximum Gasteiger partial charge on any atom is 0.252 e. The van der Waals surface area contributed by atoms with Crippen LogP contribution in [0.3, 0.4) is 0 Å². The minimum Gasteiger partial charge on any atom is -0.385 e. The van der Waals surface area contributed by atoms with Crippen molar-refractivity contribution in [3.63, 3.8) is 0 Å². The summed E-state index contributed by atoms with van der Waals surface area (Å²) >= 11 is 0. The summed E-state index contributed by atoms with van der Waals surface area (Å²) in [5.74, 6) is -0.501. The Morgan fingerprint density at radius 1 is 1.25 bits per heavy atom. The number of allylic oxidation sites excluding steroid dienone is 1. The molecule has 0 aromatic carbocycles. The summed E-state index contributed by atoms with van der Waals surface area (Å²) < 4.78 is 4.93. The summed E-state index contributed by atoms with van der Waals surface area (Å²) in [4.78, 5) is 23.3. The lowest BCUT2D eigenvalue weighted by molar-refractivity contribution is -0.138. The molecule has 0 atom stereocenters. The lowest BCUT2D eigenvalue weighted by Gasteiger charge is -2.08. The van der Waals surface area contributed by atoms with E-state index in [1.807, 2.05) is 6.08 Å². The number of rotatable bonds is 7. The lowest BCUT2D eigenvalue weighted by atomic mass is 10.2. The van der Waals surface area contributed by atoms with Gasteiger partial charge in [-0.15, -0.1) is 0 Å². The molecule has 0 fully saturated rings. The molecule has 0 saturated heterocycles. The van der Waals surface area contributed by atoms with Crippen LogP contribution in [-0.4, -0.2) is 37.5 Å². The Morgan fingerprint density at radius 2 is 1.94 bits per heavy atom. The largest absolute Gasteiger partial charge is 0.385 e. The van der Waals surface area contributed by atoms with Crippen LogP contribution in [0, 0.1) is 0 Å². The molecular weight excluding hydrogens is 206 g/mol. The number of carbonyl (C=O) groups is 2. The number of carbonyl (C=O) groups excluding carboxylic acids is 2. The summed E-state index contributed by atoms with van der Waals surface area (Å²) in [6.45, 7) is 2.16. The van der Waals surface area contributed by atoms with E-state index in [2.05, 4.69) is 0 Å². The third-order valence-electron chi connectivity index (χ3n) is 2.28. The SMILES string of the molecule is COCCCCC/C=C\C(=O)N(C)C(C)=O. The highest BCUT2D eigenvalue weighted by Crippen LogP contribution is 2.01. The molecule has 0 aliphatic rings. The second-order valence-electron chi connectivity index (χ2n) is 3.66. The van der Waals surface area contributed by atoms with Crippen LogP contribution in [0.4, 0.5) is 0 Å². The molecule has 0 aromatic heterocycles. The van der Waals surface area contributed by atoms with E-state index in [9.17, 15) is 9.59 Å². The first-order valence-electron chi connectivity index (χ1n) is 5.53. The van der Waals surface area contributed by atoms with Gasteiger partial charge in [-0.2, -0.15) is 0 Å². The van der Waals surface area contributed by atoms with Crippen LogP contribution in [0.2, 0.25) is 0 Å². The van der Waals surface area contributed by atoms with Crippen molar-refractivity contribution in [2.45, 2.75) is 32.6 Å². The second-order valence-corrected chi connectivity index (χ2v) is 3.66.